The van der Waals surface area contributed by atoms with E-state index in [-0.39, 0.29) is 5.91 Å². The summed E-state index contributed by atoms with van der Waals surface area (Å²) in [5.74, 6) is 2.07. The maximum absolute atomic E-state index is 12.5. The van der Waals surface area contributed by atoms with Crippen molar-refractivity contribution in [1.82, 2.24) is 9.88 Å². The van der Waals surface area contributed by atoms with Crippen molar-refractivity contribution in [2.45, 2.75) is 12.5 Å². The van der Waals surface area contributed by atoms with Crippen molar-refractivity contribution in [3.05, 3.63) is 41.0 Å². The third kappa shape index (κ3) is 2.50. The van der Waals surface area contributed by atoms with Crippen LogP contribution < -0.4 is 0 Å². The molecule has 2 aromatic rings. The number of aromatic nitrogens is 1. The molecule has 104 valence electrons. The van der Waals surface area contributed by atoms with Gasteiger partial charge in [-0.15, -0.1) is 0 Å². The number of hydrogen-bond donors (Lipinski definition) is 0. The summed E-state index contributed by atoms with van der Waals surface area (Å²) in [6, 6.07) is 9.58. The minimum atomic E-state index is -0.0508. The zero-order valence-electron chi connectivity index (χ0n) is 11.2. The van der Waals surface area contributed by atoms with Crippen molar-refractivity contribution in [2.75, 3.05) is 18.6 Å². The lowest BCUT2D eigenvalue weighted by Crippen LogP contribution is -2.37. The fourth-order valence-corrected chi connectivity index (χ4v) is 3.95. The zero-order valence-corrected chi connectivity index (χ0v) is 12.7. The van der Waals surface area contributed by atoms with Crippen LogP contribution in [-0.4, -0.2) is 40.4 Å². The summed E-state index contributed by atoms with van der Waals surface area (Å²) < 4.78 is 0. The molecule has 20 heavy (non-hydrogen) atoms. The average molecular weight is 307 g/mol. The third-order valence-electron chi connectivity index (χ3n) is 3.66. The second-order valence-electron chi connectivity index (χ2n) is 4.94. The molecule has 3 rings (SSSR count). The van der Waals surface area contributed by atoms with Crippen LogP contribution in [0.15, 0.2) is 30.3 Å². The Bertz CT molecular complexity index is 655. The first kappa shape index (κ1) is 13.7. The Morgan fingerprint density at radius 3 is 3.00 bits per heavy atom. The number of nitrogens with zero attached hydrogens (tertiary/aromatic N) is 2. The summed E-state index contributed by atoms with van der Waals surface area (Å²) in [6.45, 7) is 0. The van der Waals surface area contributed by atoms with E-state index < -0.39 is 0 Å². The standard InChI is InChI=1S/C15H15ClN2OS/c1-18(10-6-7-20-9-10)15(19)14-8-12(16)11-4-2-3-5-13(11)17-14/h2-5,8,10H,6-7,9H2,1H3. The molecule has 1 atom stereocenters. The lowest BCUT2D eigenvalue weighted by Gasteiger charge is -2.23. The normalized spacial score (nSPS) is 18.4. The van der Waals surface area contributed by atoms with Crippen LogP contribution in [0.3, 0.4) is 0 Å². The predicted molar refractivity (Wildman–Crippen MR) is 84.6 cm³/mol. The molecule has 1 saturated heterocycles. The summed E-state index contributed by atoms with van der Waals surface area (Å²) in [5.41, 5.74) is 1.19. The molecule has 0 aliphatic carbocycles. The molecule has 0 saturated carbocycles. The van der Waals surface area contributed by atoms with Crippen LogP contribution in [0, 0.1) is 0 Å². The molecule has 1 aliphatic heterocycles. The maximum Gasteiger partial charge on any atom is 0.272 e. The van der Waals surface area contributed by atoms with Crippen molar-refractivity contribution in [2.24, 2.45) is 0 Å². The van der Waals surface area contributed by atoms with Crippen LogP contribution in [-0.2, 0) is 0 Å². The Balaban J connectivity index is 1.95. The molecule has 1 aliphatic rings. The van der Waals surface area contributed by atoms with Crippen molar-refractivity contribution in [3.8, 4) is 0 Å². The summed E-state index contributed by atoms with van der Waals surface area (Å²) in [4.78, 5) is 18.8. The molecule has 1 amide bonds. The summed E-state index contributed by atoms with van der Waals surface area (Å²) >= 11 is 8.14. The lowest BCUT2D eigenvalue weighted by atomic mass is 10.1. The van der Waals surface area contributed by atoms with Crippen LogP contribution in [0.2, 0.25) is 5.02 Å². The van der Waals surface area contributed by atoms with E-state index in [9.17, 15) is 4.79 Å². The number of amides is 1. The van der Waals surface area contributed by atoms with E-state index >= 15 is 0 Å². The van der Waals surface area contributed by atoms with Crippen LogP contribution in [0.5, 0.6) is 0 Å². The molecule has 0 spiro atoms. The average Bonchev–Trinajstić information content (AvgIpc) is 3.00. The van der Waals surface area contributed by atoms with E-state index in [4.69, 9.17) is 11.6 Å². The van der Waals surface area contributed by atoms with E-state index in [0.717, 1.165) is 28.8 Å². The Labute approximate surface area is 127 Å². The molecule has 0 bridgehead atoms. The number of pyridine rings is 1. The zero-order chi connectivity index (χ0) is 14.1. The molecule has 0 radical (unpaired) electrons. The number of hydrogen-bond acceptors (Lipinski definition) is 3. The van der Waals surface area contributed by atoms with Gasteiger partial charge in [0.05, 0.1) is 10.5 Å². The summed E-state index contributed by atoms with van der Waals surface area (Å²) in [7, 11) is 1.85. The second-order valence-corrected chi connectivity index (χ2v) is 6.50. The van der Waals surface area contributed by atoms with Crippen LogP contribution in [0.25, 0.3) is 10.9 Å². The van der Waals surface area contributed by atoms with E-state index in [1.165, 1.54) is 0 Å². The van der Waals surface area contributed by atoms with Gasteiger partial charge in [0.2, 0.25) is 0 Å². The van der Waals surface area contributed by atoms with E-state index in [2.05, 4.69) is 4.98 Å². The number of carbonyl (C=O) groups excluding carboxylic acids is 1. The van der Waals surface area contributed by atoms with Gasteiger partial charge < -0.3 is 4.90 Å². The van der Waals surface area contributed by atoms with Crippen LogP contribution >= 0.6 is 23.4 Å². The third-order valence-corrected chi connectivity index (χ3v) is 5.12. The van der Waals surface area contributed by atoms with Gasteiger partial charge >= 0.3 is 0 Å². The molecule has 3 nitrogen and oxygen atoms in total. The van der Waals surface area contributed by atoms with E-state index in [0.29, 0.717) is 16.8 Å². The van der Waals surface area contributed by atoms with Crippen LogP contribution in [0.4, 0.5) is 0 Å². The minimum absolute atomic E-state index is 0.0508. The number of fused-ring (bicyclic) bond motifs is 1. The molecule has 1 unspecified atom stereocenters. The van der Waals surface area contributed by atoms with Crippen molar-refractivity contribution in [1.29, 1.82) is 0 Å². The number of halogens is 1. The SMILES string of the molecule is CN(C(=O)c1cc(Cl)c2ccccc2n1)C1CCSC1. The predicted octanol–water partition coefficient (Wildman–Crippen LogP) is 3.47. The molecular formula is C15H15ClN2OS. The summed E-state index contributed by atoms with van der Waals surface area (Å²) in [6.07, 6.45) is 1.05. The lowest BCUT2D eigenvalue weighted by molar-refractivity contribution is 0.0742. The minimum Gasteiger partial charge on any atom is -0.337 e. The van der Waals surface area contributed by atoms with Gasteiger partial charge in [-0.05, 0) is 24.3 Å². The Morgan fingerprint density at radius 2 is 2.25 bits per heavy atom. The number of carbonyl (C=O) groups is 1. The molecule has 1 fully saturated rings. The Kier molecular flexibility index (Phi) is 3.85. The molecule has 1 aromatic carbocycles. The molecule has 0 N–H and O–H groups in total. The number of rotatable bonds is 2. The monoisotopic (exact) mass is 306 g/mol. The number of benzene rings is 1. The summed E-state index contributed by atoms with van der Waals surface area (Å²) in [5, 5.41) is 1.46. The number of thioether (sulfide) groups is 1. The first-order valence-corrected chi connectivity index (χ1v) is 8.10. The highest BCUT2D eigenvalue weighted by Gasteiger charge is 2.25. The van der Waals surface area contributed by atoms with Gasteiger partial charge in [0.25, 0.3) is 5.91 Å². The van der Waals surface area contributed by atoms with Crippen LogP contribution in [0.1, 0.15) is 16.9 Å². The maximum atomic E-state index is 12.5. The van der Waals surface area contributed by atoms with E-state index in [1.54, 1.807) is 11.0 Å². The highest BCUT2D eigenvalue weighted by molar-refractivity contribution is 7.99. The molecule has 1 aromatic heterocycles. The van der Waals surface area contributed by atoms with Crippen molar-refractivity contribution < 1.29 is 4.79 Å². The van der Waals surface area contributed by atoms with Gasteiger partial charge in [-0.25, -0.2) is 4.98 Å². The van der Waals surface area contributed by atoms with Crippen molar-refractivity contribution >= 4 is 40.2 Å². The number of para-hydroxylation sites is 1. The van der Waals surface area contributed by atoms with Gasteiger partial charge in [0.1, 0.15) is 5.69 Å². The van der Waals surface area contributed by atoms with E-state index in [1.807, 2.05) is 43.1 Å². The fraction of sp³-hybridized carbons (Fsp3) is 0.333. The van der Waals surface area contributed by atoms with Gasteiger partial charge in [0, 0.05) is 24.2 Å². The second kappa shape index (κ2) is 5.62. The highest BCUT2D eigenvalue weighted by atomic mass is 35.5. The molecule has 2 heterocycles. The first-order chi connectivity index (χ1) is 9.66. The quantitative estimate of drug-likeness (QED) is 0.852. The molecule has 5 heteroatoms. The first-order valence-electron chi connectivity index (χ1n) is 6.57. The van der Waals surface area contributed by atoms with Gasteiger partial charge in [-0.1, -0.05) is 29.8 Å². The highest BCUT2D eigenvalue weighted by Crippen LogP contribution is 2.25. The van der Waals surface area contributed by atoms with Gasteiger partial charge in [-0.2, -0.15) is 11.8 Å². The fourth-order valence-electron chi connectivity index (χ4n) is 2.42. The van der Waals surface area contributed by atoms with Gasteiger partial charge in [0.15, 0.2) is 0 Å². The van der Waals surface area contributed by atoms with Gasteiger partial charge in [-0.3, -0.25) is 4.79 Å². The largest absolute Gasteiger partial charge is 0.337 e. The Hall–Kier alpha value is -1.26. The van der Waals surface area contributed by atoms with Crippen molar-refractivity contribution in [3.63, 3.8) is 0 Å². The Morgan fingerprint density at radius 1 is 1.45 bits per heavy atom. The molecular weight excluding hydrogens is 292 g/mol. The topological polar surface area (TPSA) is 33.2 Å². The smallest absolute Gasteiger partial charge is 0.272 e.